The van der Waals surface area contributed by atoms with E-state index in [-0.39, 0.29) is 5.41 Å². The van der Waals surface area contributed by atoms with Crippen molar-refractivity contribution in [2.24, 2.45) is 17.1 Å². The molecule has 0 bridgehead atoms. The van der Waals surface area contributed by atoms with Crippen LogP contribution in [-0.2, 0) is 0 Å². The molecule has 1 atom stereocenters. The highest BCUT2D eigenvalue weighted by Gasteiger charge is 2.46. The Morgan fingerprint density at radius 1 is 1.44 bits per heavy atom. The molecule has 0 saturated heterocycles. The number of nitrogens with two attached hydrogens (primary N) is 1. The Morgan fingerprint density at radius 3 is 2.44 bits per heavy atom. The zero-order valence-corrected chi connectivity index (χ0v) is 11.1. The second kappa shape index (κ2) is 4.47. The average molecular weight is 284 g/mol. The van der Waals surface area contributed by atoms with Gasteiger partial charge in [-0.2, -0.15) is 0 Å². The molecule has 1 saturated carbocycles. The molecule has 0 heterocycles. The Morgan fingerprint density at radius 2 is 2.00 bits per heavy atom. The van der Waals surface area contributed by atoms with Gasteiger partial charge in [-0.1, -0.05) is 35.0 Å². The van der Waals surface area contributed by atoms with Crippen molar-refractivity contribution in [2.45, 2.75) is 25.9 Å². The van der Waals surface area contributed by atoms with Crippen molar-refractivity contribution in [2.75, 3.05) is 6.54 Å². The van der Waals surface area contributed by atoms with Crippen molar-refractivity contribution in [1.29, 1.82) is 0 Å². The van der Waals surface area contributed by atoms with Gasteiger partial charge in [-0.15, -0.1) is 0 Å². The topological polar surface area (TPSA) is 46.2 Å². The Hall–Kier alpha value is -0.380. The van der Waals surface area contributed by atoms with Crippen LogP contribution in [-0.4, -0.2) is 11.7 Å². The smallest absolute Gasteiger partial charge is 0.0858 e. The summed E-state index contributed by atoms with van der Waals surface area (Å²) in [5.74, 6) is 0.689. The lowest BCUT2D eigenvalue weighted by Crippen LogP contribution is -2.46. The summed E-state index contributed by atoms with van der Waals surface area (Å²) in [6, 6.07) is 7.86. The number of aliphatic hydroxyl groups excluding tert-OH is 1. The molecule has 0 aliphatic heterocycles. The Labute approximate surface area is 105 Å². The van der Waals surface area contributed by atoms with Crippen molar-refractivity contribution in [3.8, 4) is 0 Å². The number of benzene rings is 1. The van der Waals surface area contributed by atoms with Gasteiger partial charge >= 0.3 is 0 Å². The van der Waals surface area contributed by atoms with E-state index in [0.29, 0.717) is 12.5 Å². The van der Waals surface area contributed by atoms with E-state index in [1.165, 1.54) is 0 Å². The molecule has 1 fully saturated rings. The van der Waals surface area contributed by atoms with Gasteiger partial charge in [-0.25, -0.2) is 0 Å². The first kappa shape index (κ1) is 12.1. The highest BCUT2D eigenvalue weighted by atomic mass is 79.9. The molecule has 1 aromatic carbocycles. The van der Waals surface area contributed by atoms with E-state index in [1.54, 1.807) is 0 Å². The van der Waals surface area contributed by atoms with Crippen LogP contribution in [0.4, 0.5) is 0 Å². The lowest BCUT2D eigenvalue weighted by Gasteiger charge is -2.49. The van der Waals surface area contributed by atoms with Gasteiger partial charge in [0.2, 0.25) is 0 Å². The third-order valence-electron chi connectivity index (χ3n) is 3.68. The molecule has 2 nitrogen and oxygen atoms in total. The lowest BCUT2D eigenvalue weighted by molar-refractivity contribution is -0.0602. The monoisotopic (exact) mass is 283 g/mol. The number of rotatable bonds is 3. The minimum Gasteiger partial charge on any atom is -0.388 e. The molecule has 0 radical (unpaired) electrons. The Kier molecular flexibility index (Phi) is 3.38. The Bertz CT molecular complexity index is 357. The van der Waals surface area contributed by atoms with Crippen LogP contribution in [0.1, 0.15) is 31.4 Å². The number of hydrogen-bond donors (Lipinski definition) is 2. The standard InChI is InChI=1S/C13H18BrNO/c1-9-6-13(7-9,8-15)12(16)10-2-4-11(14)5-3-10/h2-5,9,12,16H,6-8,15H2,1H3. The number of hydrogen-bond acceptors (Lipinski definition) is 2. The highest BCUT2D eigenvalue weighted by Crippen LogP contribution is 2.52. The fourth-order valence-corrected chi connectivity index (χ4v) is 3.09. The molecule has 0 aromatic heterocycles. The minimum atomic E-state index is -0.429. The molecule has 16 heavy (non-hydrogen) atoms. The van der Waals surface area contributed by atoms with E-state index in [2.05, 4.69) is 22.9 Å². The van der Waals surface area contributed by atoms with Gasteiger partial charge in [0.05, 0.1) is 6.10 Å². The van der Waals surface area contributed by atoms with Crippen molar-refractivity contribution < 1.29 is 5.11 Å². The third-order valence-corrected chi connectivity index (χ3v) is 4.21. The molecule has 0 spiro atoms. The van der Waals surface area contributed by atoms with Gasteiger partial charge in [0.1, 0.15) is 0 Å². The summed E-state index contributed by atoms with van der Waals surface area (Å²) in [6.07, 6.45) is 1.63. The fraction of sp³-hybridized carbons (Fsp3) is 0.538. The van der Waals surface area contributed by atoms with Gasteiger partial charge in [0.25, 0.3) is 0 Å². The van der Waals surface area contributed by atoms with Crippen LogP contribution in [0, 0.1) is 11.3 Å². The van der Waals surface area contributed by atoms with Crippen molar-refractivity contribution >= 4 is 15.9 Å². The van der Waals surface area contributed by atoms with Crippen LogP contribution in [0.2, 0.25) is 0 Å². The highest BCUT2D eigenvalue weighted by molar-refractivity contribution is 9.10. The molecule has 3 N–H and O–H groups in total. The molecular formula is C13H18BrNO. The SMILES string of the molecule is CC1CC(CN)(C(O)c2ccc(Br)cc2)C1. The second-order valence-electron chi connectivity index (χ2n) is 5.03. The summed E-state index contributed by atoms with van der Waals surface area (Å²) in [6.45, 7) is 2.77. The van der Waals surface area contributed by atoms with E-state index in [0.717, 1.165) is 22.9 Å². The first-order valence-electron chi connectivity index (χ1n) is 5.71. The van der Waals surface area contributed by atoms with Crippen LogP contribution in [0.5, 0.6) is 0 Å². The van der Waals surface area contributed by atoms with Gasteiger partial charge in [0.15, 0.2) is 0 Å². The van der Waals surface area contributed by atoms with Gasteiger partial charge in [0, 0.05) is 16.4 Å². The first-order chi connectivity index (χ1) is 7.57. The van der Waals surface area contributed by atoms with Gasteiger partial charge in [-0.3, -0.25) is 0 Å². The maximum absolute atomic E-state index is 10.4. The number of halogens is 1. The molecule has 2 rings (SSSR count). The largest absolute Gasteiger partial charge is 0.388 e. The fourth-order valence-electron chi connectivity index (χ4n) is 2.83. The predicted molar refractivity (Wildman–Crippen MR) is 69.0 cm³/mol. The normalized spacial score (nSPS) is 30.9. The van der Waals surface area contributed by atoms with Crippen LogP contribution >= 0.6 is 15.9 Å². The maximum atomic E-state index is 10.4. The molecule has 0 amide bonds. The molecular weight excluding hydrogens is 266 g/mol. The second-order valence-corrected chi connectivity index (χ2v) is 5.95. The van der Waals surface area contributed by atoms with E-state index < -0.39 is 6.10 Å². The van der Waals surface area contributed by atoms with Crippen LogP contribution < -0.4 is 5.73 Å². The maximum Gasteiger partial charge on any atom is 0.0858 e. The van der Waals surface area contributed by atoms with Crippen molar-refractivity contribution in [3.63, 3.8) is 0 Å². The zero-order chi connectivity index (χ0) is 11.8. The average Bonchev–Trinajstić information content (AvgIpc) is 2.24. The van der Waals surface area contributed by atoms with Crippen LogP contribution in [0.3, 0.4) is 0 Å². The molecule has 1 aromatic rings. The zero-order valence-electron chi connectivity index (χ0n) is 9.49. The first-order valence-corrected chi connectivity index (χ1v) is 6.50. The Balaban J connectivity index is 2.18. The molecule has 1 aliphatic carbocycles. The van der Waals surface area contributed by atoms with Gasteiger partial charge in [-0.05, 0) is 36.5 Å². The summed E-state index contributed by atoms with van der Waals surface area (Å²) < 4.78 is 1.03. The predicted octanol–water partition coefficient (Wildman–Crippen LogP) is 2.86. The summed E-state index contributed by atoms with van der Waals surface area (Å²) in [4.78, 5) is 0. The van der Waals surface area contributed by atoms with E-state index in [9.17, 15) is 5.11 Å². The number of aliphatic hydroxyl groups is 1. The van der Waals surface area contributed by atoms with E-state index in [4.69, 9.17) is 5.73 Å². The van der Waals surface area contributed by atoms with Crippen LogP contribution in [0.15, 0.2) is 28.7 Å². The van der Waals surface area contributed by atoms with Crippen LogP contribution in [0.25, 0.3) is 0 Å². The lowest BCUT2D eigenvalue weighted by atomic mass is 9.58. The summed E-state index contributed by atoms with van der Waals surface area (Å²) in [7, 11) is 0. The quantitative estimate of drug-likeness (QED) is 0.896. The summed E-state index contributed by atoms with van der Waals surface area (Å²) in [5, 5.41) is 10.4. The van der Waals surface area contributed by atoms with Gasteiger partial charge < -0.3 is 10.8 Å². The summed E-state index contributed by atoms with van der Waals surface area (Å²) in [5.41, 5.74) is 6.71. The third kappa shape index (κ3) is 2.04. The molecule has 1 unspecified atom stereocenters. The summed E-state index contributed by atoms with van der Waals surface area (Å²) >= 11 is 3.40. The van der Waals surface area contributed by atoms with Crippen molar-refractivity contribution in [3.05, 3.63) is 34.3 Å². The molecule has 3 heteroatoms. The van der Waals surface area contributed by atoms with Crippen molar-refractivity contribution in [1.82, 2.24) is 0 Å². The minimum absolute atomic E-state index is 0.0900. The van der Waals surface area contributed by atoms with E-state index in [1.807, 2.05) is 24.3 Å². The molecule has 1 aliphatic rings. The molecule has 88 valence electrons. The van der Waals surface area contributed by atoms with E-state index >= 15 is 0 Å².